The number of carbonyl (C=O) groups is 1. The van der Waals surface area contributed by atoms with Crippen molar-refractivity contribution in [2.75, 3.05) is 13.1 Å². The van der Waals surface area contributed by atoms with E-state index in [0.29, 0.717) is 11.8 Å². The number of Topliss-reactive ketones (excluding diaryl/α,β-unsaturated/α-hetero) is 1. The van der Waals surface area contributed by atoms with Gasteiger partial charge in [-0.15, -0.1) is 0 Å². The van der Waals surface area contributed by atoms with Crippen LogP contribution in [0.2, 0.25) is 0 Å². The van der Waals surface area contributed by atoms with E-state index in [1.54, 1.807) is 6.92 Å². The van der Waals surface area contributed by atoms with E-state index in [-0.39, 0.29) is 11.8 Å². The van der Waals surface area contributed by atoms with Gasteiger partial charge in [-0.25, -0.2) is 0 Å². The highest BCUT2D eigenvalue weighted by Crippen LogP contribution is 2.10. The summed E-state index contributed by atoms with van der Waals surface area (Å²) in [5, 5.41) is 0. The molecule has 0 aliphatic heterocycles. The average molecular weight is 227 g/mol. The van der Waals surface area contributed by atoms with Gasteiger partial charge < -0.3 is 0 Å². The van der Waals surface area contributed by atoms with Crippen molar-refractivity contribution in [2.24, 2.45) is 11.8 Å². The van der Waals surface area contributed by atoms with Crippen LogP contribution in [0.1, 0.15) is 54.4 Å². The van der Waals surface area contributed by atoms with Crippen molar-refractivity contribution in [2.45, 2.75) is 60.4 Å². The summed E-state index contributed by atoms with van der Waals surface area (Å²) in [6, 6.07) is 0.0810. The van der Waals surface area contributed by atoms with Gasteiger partial charge >= 0.3 is 0 Å². The van der Waals surface area contributed by atoms with E-state index in [9.17, 15) is 4.79 Å². The number of nitrogens with zero attached hydrogens (tertiary/aromatic N) is 1. The summed E-state index contributed by atoms with van der Waals surface area (Å²) in [6.45, 7) is 14.8. The van der Waals surface area contributed by atoms with E-state index in [1.807, 2.05) is 6.92 Å². The van der Waals surface area contributed by atoms with Crippen molar-refractivity contribution >= 4 is 5.78 Å². The van der Waals surface area contributed by atoms with Crippen molar-refractivity contribution in [3.05, 3.63) is 0 Å². The molecule has 1 unspecified atom stereocenters. The molecule has 0 saturated carbocycles. The number of carbonyl (C=O) groups excluding carboxylic acids is 1. The number of hydrogen-bond donors (Lipinski definition) is 0. The summed E-state index contributed by atoms with van der Waals surface area (Å²) >= 11 is 0. The molecular formula is C14H29NO. The van der Waals surface area contributed by atoms with Gasteiger partial charge in [-0.05, 0) is 51.6 Å². The predicted molar refractivity (Wildman–Crippen MR) is 70.6 cm³/mol. The highest BCUT2D eigenvalue weighted by atomic mass is 16.1. The Morgan fingerprint density at radius 2 is 1.31 bits per heavy atom. The van der Waals surface area contributed by atoms with E-state index < -0.39 is 0 Å². The Kier molecular flexibility index (Phi) is 7.65. The van der Waals surface area contributed by atoms with Crippen molar-refractivity contribution in [1.82, 2.24) is 4.90 Å². The van der Waals surface area contributed by atoms with Crippen LogP contribution in [0.3, 0.4) is 0 Å². The third-order valence-corrected chi connectivity index (χ3v) is 3.12. The highest BCUT2D eigenvalue weighted by molar-refractivity contribution is 5.80. The van der Waals surface area contributed by atoms with Gasteiger partial charge in [-0.2, -0.15) is 0 Å². The normalized spacial score (nSPS) is 13.8. The minimum Gasteiger partial charge on any atom is -0.298 e. The number of hydrogen-bond acceptors (Lipinski definition) is 2. The first-order valence-corrected chi connectivity index (χ1v) is 6.59. The molecule has 0 spiro atoms. The Labute approximate surface area is 101 Å². The smallest absolute Gasteiger partial charge is 0.146 e. The molecule has 2 nitrogen and oxygen atoms in total. The van der Waals surface area contributed by atoms with E-state index in [2.05, 4.69) is 32.6 Å². The van der Waals surface area contributed by atoms with E-state index in [1.165, 1.54) is 12.8 Å². The molecule has 0 aromatic carbocycles. The van der Waals surface area contributed by atoms with Crippen molar-refractivity contribution in [1.29, 1.82) is 0 Å². The molecule has 0 saturated heterocycles. The summed E-state index contributed by atoms with van der Waals surface area (Å²) in [5.74, 6) is 1.70. The van der Waals surface area contributed by atoms with Gasteiger partial charge in [0.15, 0.2) is 0 Å². The minimum absolute atomic E-state index is 0.0810. The molecule has 0 aliphatic carbocycles. The fourth-order valence-corrected chi connectivity index (χ4v) is 1.60. The lowest BCUT2D eigenvalue weighted by molar-refractivity contribution is -0.121. The van der Waals surface area contributed by atoms with Crippen LogP contribution >= 0.6 is 0 Å². The van der Waals surface area contributed by atoms with Crippen LogP contribution in [0.25, 0.3) is 0 Å². The molecular weight excluding hydrogens is 198 g/mol. The summed E-state index contributed by atoms with van der Waals surface area (Å²) in [6.07, 6.45) is 2.35. The molecule has 96 valence electrons. The zero-order chi connectivity index (χ0) is 12.7. The van der Waals surface area contributed by atoms with Crippen molar-refractivity contribution in [3.8, 4) is 0 Å². The number of rotatable bonds is 8. The van der Waals surface area contributed by atoms with Gasteiger partial charge in [0.1, 0.15) is 5.78 Å². The summed E-state index contributed by atoms with van der Waals surface area (Å²) in [7, 11) is 0. The summed E-state index contributed by atoms with van der Waals surface area (Å²) < 4.78 is 0. The van der Waals surface area contributed by atoms with Crippen LogP contribution in [0, 0.1) is 11.8 Å². The quantitative estimate of drug-likeness (QED) is 0.634. The largest absolute Gasteiger partial charge is 0.298 e. The Balaban J connectivity index is 4.20. The first-order chi connectivity index (χ1) is 7.34. The molecule has 0 fully saturated rings. The number of ketones is 1. The Morgan fingerprint density at radius 3 is 1.56 bits per heavy atom. The van der Waals surface area contributed by atoms with Crippen LogP contribution in [0.15, 0.2) is 0 Å². The van der Waals surface area contributed by atoms with Crippen LogP contribution in [-0.4, -0.2) is 29.8 Å². The molecule has 0 radical (unpaired) electrons. The summed E-state index contributed by atoms with van der Waals surface area (Å²) in [5.41, 5.74) is 0. The van der Waals surface area contributed by atoms with E-state index in [0.717, 1.165) is 13.1 Å². The maximum atomic E-state index is 11.4. The molecule has 1 atom stereocenters. The van der Waals surface area contributed by atoms with Crippen LogP contribution in [-0.2, 0) is 4.79 Å². The lowest BCUT2D eigenvalue weighted by Crippen LogP contribution is -2.40. The molecule has 0 heterocycles. The Hall–Kier alpha value is -0.370. The summed E-state index contributed by atoms with van der Waals surface area (Å²) in [4.78, 5) is 13.8. The zero-order valence-corrected chi connectivity index (χ0v) is 11.9. The van der Waals surface area contributed by atoms with Gasteiger partial charge in [0.05, 0.1) is 6.04 Å². The van der Waals surface area contributed by atoms with Gasteiger partial charge in [0, 0.05) is 0 Å². The third kappa shape index (κ3) is 7.00. The van der Waals surface area contributed by atoms with Gasteiger partial charge in [-0.1, -0.05) is 27.7 Å². The van der Waals surface area contributed by atoms with Crippen molar-refractivity contribution in [3.63, 3.8) is 0 Å². The maximum absolute atomic E-state index is 11.4. The topological polar surface area (TPSA) is 20.3 Å². The molecule has 2 heteroatoms. The second-order valence-electron chi connectivity index (χ2n) is 5.69. The minimum atomic E-state index is 0.0810. The first-order valence-electron chi connectivity index (χ1n) is 6.59. The first kappa shape index (κ1) is 15.6. The third-order valence-electron chi connectivity index (χ3n) is 3.12. The van der Waals surface area contributed by atoms with Crippen LogP contribution in [0.5, 0.6) is 0 Å². The molecule has 0 aromatic heterocycles. The molecule has 0 aromatic rings. The maximum Gasteiger partial charge on any atom is 0.146 e. The SMILES string of the molecule is CC(=O)C(C)N(CCC(C)C)CCC(C)C. The Morgan fingerprint density at radius 1 is 0.938 bits per heavy atom. The zero-order valence-electron chi connectivity index (χ0n) is 11.9. The van der Waals surface area contributed by atoms with Crippen LogP contribution < -0.4 is 0 Å². The fraction of sp³-hybridized carbons (Fsp3) is 0.929. The van der Waals surface area contributed by atoms with E-state index in [4.69, 9.17) is 0 Å². The molecule has 0 rings (SSSR count). The van der Waals surface area contributed by atoms with Crippen molar-refractivity contribution < 1.29 is 4.79 Å². The highest BCUT2D eigenvalue weighted by Gasteiger charge is 2.17. The molecule has 0 amide bonds. The standard InChI is InChI=1S/C14H29NO/c1-11(2)7-9-15(10-8-12(3)4)13(5)14(6)16/h11-13H,7-10H2,1-6H3. The lowest BCUT2D eigenvalue weighted by Gasteiger charge is -2.28. The second kappa shape index (κ2) is 7.83. The van der Waals surface area contributed by atoms with Gasteiger partial charge in [0.2, 0.25) is 0 Å². The second-order valence-corrected chi connectivity index (χ2v) is 5.69. The molecule has 16 heavy (non-hydrogen) atoms. The fourth-order valence-electron chi connectivity index (χ4n) is 1.60. The molecule has 0 bridgehead atoms. The lowest BCUT2D eigenvalue weighted by atomic mass is 10.1. The molecule has 0 aliphatic rings. The average Bonchev–Trinajstić information content (AvgIpc) is 2.16. The van der Waals surface area contributed by atoms with E-state index >= 15 is 0 Å². The van der Waals surface area contributed by atoms with Gasteiger partial charge in [0.25, 0.3) is 0 Å². The Bertz CT molecular complexity index is 187. The van der Waals surface area contributed by atoms with Gasteiger partial charge in [-0.3, -0.25) is 9.69 Å². The predicted octanol–water partition coefficient (Wildman–Crippen LogP) is 3.36. The van der Waals surface area contributed by atoms with Crippen LogP contribution in [0.4, 0.5) is 0 Å². The monoisotopic (exact) mass is 227 g/mol. The molecule has 0 N–H and O–H groups in total.